The Morgan fingerprint density at radius 1 is 1.25 bits per heavy atom. The lowest BCUT2D eigenvalue weighted by Gasteiger charge is -2.08. The minimum absolute atomic E-state index is 0.306. The molecule has 0 radical (unpaired) electrons. The van der Waals surface area contributed by atoms with E-state index in [-0.39, 0.29) is 5.91 Å². The highest BCUT2D eigenvalue weighted by molar-refractivity contribution is 9.10. The maximum absolute atomic E-state index is 13.1. The molecule has 1 N–H and O–H groups in total. The zero-order valence-electron chi connectivity index (χ0n) is 10.8. The first-order valence-corrected chi connectivity index (χ1v) is 6.88. The summed E-state index contributed by atoms with van der Waals surface area (Å²) in [5.74, 6) is -0.00877. The second-order valence-electron chi connectivity index (χ2n) is 4.04. The van der Waals surface area contributed by atoms with Crippen LogP contribution in [0.15, 0.2) is 46.9 Å². The van der Waals surface area contributed by atoms with Crippen LogP contribution < -0.4 is 10.1 Å². The van der Waals surface area contributed by atoms with Crippen molar-refractivity contribution in [3.05, 3.63) is 58.3 Å². The number of hydrogen-bond donors (Lipinski definition) is 1. The van der Waals surface area contributed by atoms with Crippen molar-refractivity contribution in [3.8, 4) is 5.75 Å². The second-order valence-corrected chi connectivity index (χ2v) is 4.89. The van der Waals surface area contributed by atoms with Gasteiger partial charge in [0, 0.05) is 10.0 Å². The summed E-state index contributed by atoms with van der Waals surface area (Å²) >= 11 is 3.26. The number of carbonyl (C=O) groups excluding carboxylic acids is 1. The topological polar surface area (TPSA) is 38.3 Å². The van der Waals surface area contributed by atoms with E-state index in [1.165, 1.54) is 12.1 Å². The van der Waals surface area contributed by atoms with Gasteiger partial charge in [-0.25, -0.2) is 4.39 Å². The number of anilines is 1. The second kappa shape index (κ2) is 6.52. The predicted octanol–water partition coefficient (Wildman–Crippen LogP) is 4.24. The molecule has 0 aliphatic rings. The number of hydrogen-bond acceptors (Lipinski definition) is 2. The average Bonchev–Trinajstić information content (AvgIpc) is 2.44. The quantitative estimate of drug-likeness (QED) is 0.906. The first-order valence-electron chi connectivity index (χ1n) is 6.09. The van der Waals surface area contributed by atoms with Gasteiger partial charge in [-0.05, 0) is 65.3 Å². The summed E-state index contributed by atoms with van der Waals surface area (Å²) in [6.45, 7) is 2.46. The van der Waals surface area contributed by atoms with Gasteiger partial charge in [0.2, 0.25) is 0 Å². The third kappa shape index (κ3) is 3.57. The largest absolute Gasteiger partial charge is 0.494 e. The maximum atomic E-state index is 13.1. The first-order chi connectivity index (χ1) is 9.60. The van der Waals surface area contributed by atoms with E-state index in [1.54, 1.807) is 30.3 Å². The zero-order chi connectivity index (χ0) is 14.5. The van der Waals surface area contributed by atoms with Gasteiger partial charge in [0.05, 0.1) is 12.3 Å². The molecule has 20 heavy (non-hydrogen) atoms. The lowest BCUT2D eigenvalue weighted by molar-refractivity contribution is 0.102. The Balaban J connectivity index is 2.13. The fourth-order valence-electron chi connectivity index (χ4n) is 1.66. The molecule has 2 aromatic carbocycles. The van der Waals surface area contributed by atoms with Crippen LogP contribution in [0.25, 0.3) is 0 Å². The van der Waals surface area contributed by atoms with Crippen LogP contribution in [0.4, 0.5) is 10.1 Å². The lowest BCUT2D eigenvalue weighted by atomic mass is 10.2. The smallest absolute Gasteiger partial charge is 0.255 e. The van der Waals surface area contributed by atoms with E-state index in [1.807, 2.05) is 6.92 Å². The van der Waals surface area contributed by atoms with Crippen molar-refractivity contribution in [3.63, 3.8) is 0 Å². The van der Waals surface area contributed by atoms with Crippen molar-refractivity contribution in [1.82, 2.24) is 0 Å². The van der Waals surface area contributed by atoms with Crippen LogP contribution in [0.1, 0.15) is 17.3 Å². The molecule has 0 aromatic heterocycles. The molecular weight excluding hydrogens is 325 g/mol. The minimum Gasteiger partial charge on any atom is -0.494 e. The Hall–Kier alpha value is -1.88. The SMILES string of the molecule is CCOc1ccc(C(=O)Nc2cc(F)ccc2Br)cc1. The minimum atomic E-state index is -0.407. The molecule has 2 aromatic rings. The van der Waals surface area contributed by atoms with E-state index in [0.717, 1.165) is 0 Å². The average molecular weight is 338 g/mol. The molecule has 0 aliphatic heterocycles. The zero-order valence-corrected chi connectivity index (χ0v) is 12.4. The lowest BCUT2D eigenvalue weighted by Crippen LogP contribution is -2.12. The first kappa shape index (κ1) is 14.5. The molecule has 0 heterocycles. The summed E-state index contributed by atoms with van der Waals surface area (Å²) in [5, 5.41) is 2.65. The van der Waals surface area contributed by atoms with Crippen LogP contribution in [0.2, 0.25) is 0 Å². The highest BCUT2D eigenvalue weighted by atomic mass is 79.9. The highest BCUT2D eigenvalue weighted by Crippen LogP contribution is 2.24. The molecule has 104 valence electrons. The number of rotatable bonds is 4. The molecule has 0 spiro atoms. The number of amides is 1. The van der Waals surface area contributed by atoms with Crippen molar-refractivity contribution >= 4 is 27.5 Å². The Morgan fingerprint density at radius 2 is 1.95 bits per heavy atom. The fraction of sp³-hybridized carbons (Fsp3) is 0.133. The molecule has 0 bridgehead atoms. The van der Waals surface area contributed by atoms with Crippen molar-refractivity contribution < 1.29 is 13.9 Å². The molecule has 3 nitrogen and oxygen atoms in total. The van der Waals surface area contributed by atoms with Gasteiger partial charge in [0.1, 0.15) is 11.6 Å². The van der Waals surface area contributed by atoms with Gasteiger partial charge in [0.15, 0.2) is 0 Å². The third-order valence-corrected chi connectivity index (χ3v) is 3.30. The molecule has 2 rings (SSSR count). The summed E-state index contributed by atoms with van der Waals surface area (Å²) in [5.41, 5.74) is 0.869. The molecule has 0 atom stereocenters. The molecule has 5 heteroatoms. The molecular formula is C15H13BrFNO2. The van der Waals surface area contributed by atoms with Crippen molar-refractivity contribution in [2.75, 3.05) is 11.9 Å². The van der Waals surface area contributed by atoms with E-state index in [9.17, 15) is 9.18 Å². The van der Waals surface area contributed by atoms with Gasteiger partial charge in [-0.2, -0.15) is 0 Å². The Morgan fingerprint density at radius 3 is 2.60 bits per heavy atom. The Kier molecular flexibility index (Phi) is 4.74. The third-order valence-electron chi connectivity index (χ3n) is 2.60. The fourth-order valence-corrected chi connectivity index (χ4v) is 2.00. The normalized spacial score (nSPS) is 10.2. The van der Waals surface area contributed by atoms with Gasteiger partial charge in [-0.3, -0.25) is 4.79 Å². The number of nitrogens with one attached hydrogen (secondary N) is 1. The number of carbonyl (C=O) groups is 1. The van der Waals surface area contributed by atoms with Crippen LogP contribution in [-0.2, 0) is 0 Å². The van der Waals surface area contributed by atoms with E-state index in [0.29, 0.717) is 28.1 Å². The Labute approximate surface area is 124 Å². The molecule has 0 unspecified atom stereocenters. The van der Waals surface area contributed by atoms with Gasteiger partial charge < -0.3 is 10.1 Å². The van der Waals surface area contributed by atoms with Crippen molar-refractivity contribution in [1.29, 1.82) is 0 Å². The standard InChI is InChI=1S/C15H13BrFNO2/c1-2-20-12-6-3-10(4-7-12)15(19)18-14-9-11(17)5-8-13(14)16/h3-9H,2H2,1H3,(H,18,19). The summed E-state index contributed by atoms with van der Waals surface area (Å²) in [4.78, 5) is 12.1. The summed E-state index contributed by atoms with van der Waals surface area (Å²) < 4.78 is 19.1. The number of halogens is 2. The van der Waals surface area contributed by atoms with Crippen LogP contribution in [0.5, 0.6) is 5.75 Å². The maximum Gasteiger partial charge on any atom is 0.255 e. The van der Waals surface area contributed by atoms with Crippen molar-refractivity contribution in [2.24, 2.45) is 0 Å². The van der Waals surface area contributed by atoms with Crippen LogP contribution in [0.3, 0.4) is 0 Å². The summed E-state index contributed by atoms with van der Waals surface area (Å²) in [7, 11) is 0. The summed E-state index contributed by atoms with van der Waals surface area (Å²) in [6, 6.07) is 10.9. The van der Waals surface area contributed by atoms with Gasteiger partial charge in [0.25, 0.3) is 5.91 Å². The monoisotopic (exact) mass is 337 g/mol. The van der Waals surface area contributed by atoms with Crippen LogP contribution in [-0.4, -0.2) is 12.5 Å². The number of benzene rings is 2. The molecule has 0 saturated heterocycles. The van der Waals surface area contributed by atoms with Crippen LogP contribution >= 0.6 is 15.9 Å². The van der Waals surface area contributed by atoms with Gasteiger partial charge in [-0.1, -0.05) is 0 Å². The molecule has 1 amide bonds. The van der Waals surface area contributed by atoms with Crippen LogP contribution in [0, 0.1) is 5.82 Å². The van der Waals surface area contributed by atoms with Gasteiger partial charge >= 0.3 is 0 Å². The van der Waals surface area contributed by atoms with Crippen molar-refractivity contribution in [2.45, 2.75) is 6.92 Å². The predicted molar refractivity (Wildman–Crippen MR) is 79.7 cm³/mol. The Bertz CT molecular complexity index is 614. The van der Waals surface area contributed by atoms with E-state index in [2.05, 4.69) is 21.2 Å². The van der Waals surface area contributed by atoms with E-state index < -0.39 is 5.82 Å². The number of ether oxygens (including phenoxy) is 1. The molecule has 0 aliphatic carbocycles. The van der Waals surface area contributed by atoms with E-state index in [4.69, 9.17) is 4.74 Å². The molecule has 0 saturated carbocycles. The van der Waals surface area contributed by atoms with E-state index >= 15 is 0 Å². The molecule has 0 fully saturated rings. The summed E-state index contributed by atoms with van der Waals surface area (Å²) in [6.07, 6.45) is 0. The van der Waals surface area contributed by atoms with Gasteiger partial charge in [-0.15, -0.1) is 0 Å². The highest BCUT2D eigenvalue weighted by Gasteiger charge is 2.09.